The second kappa shape index (κ2) is 9.48. The molecule has 1 aliphatic rings. The summed E-state index contributed by atoms with van der Waals surface area (Å²) >= 11 is 1.14. The third kappa shape index (κ3) is 4.54. The molecule has 2 amide bonds. The van der Waals surface area contributed by atoms with Gasteiger partial charge in [0.2, 0.25) is 0 Å². The van der Waals surface area contributed by atoms with Crippen molar-refractivity contribution in [2.45, 2.75) is 6.92 Å². The predicted octanol–water partition coefficient (Wildman–Crippen LogP) is 3.36. The molecule has 2 aromatic heterocycles. The zero-order chi connectivity index (χ0) is 22.5. The summed E-state index contributed by atoms with van der Waals surface area (Å²) in [6.45, 7) is 1.54. The lowest BCUT2D eigenvalue weighted by Gasteiger charge is -2.21. The van der Waals surface area contributed by atoms with E-state index in [1.165, 1.54) is 6.26 Å². The fraction of sp³-hybridized carbons (Fsp3) is 0.182. The molecule has 0 radical (unpaired) electrons. The summed E-state index contributed by atoms with van der Waals surface area (Å²) in [5.74, 6) is -0.694. The van der Waals surface area contributed by atoms with Crippen LogP contribution in [0.3, 0.4) is 0 Å². The molecule has 0 saturated heterocycles. The topological polar surface area (TPSA) is 120 Å². The summed E-state index contributed by atoms with van der Waals surface area (Å²) in [4.78, 5) is 41.7. The number of amides is 2. The number of esters is 2. The average Bonchev–Trinajstić information content (AvgIpc) is 3.48. The number of nitrogens with one attached hydrogen (secondary N) is 2. The third-order valence-electron chi connectivity index (χ3n) is 4.52. The predicted molar refractivity (Wildman–Crippen MR) is 116 cm³/mol. The second-order valence-electron chi connectivity index (χ2n) is 6.60. The molecule has 0 bridgehead atoms. The van der Waals surface area contributed by atoms with Crippen molar-refractivity contribution in [2.24, 2.45) is 0 Å². The Morgan fingerprint density at radius 1 is 1.12 bits per heavy atom. The first-order valence-electron chi connectivity index (χ1n) is 9.78. The molecule has 0 unspecified atom stereocenters. The molecule has 32 heavy (non-hydrogen) atoms. The second-order valence-corrected chi connectivity index (χ2v) is 7.60. The van der Waals surface area contributed by atoms with E-state index in [2.05, 4.69) is 15.6 Å². The zero-order valence-electron chi connectivity index (χ0n) is 17.0. The van der Waals surface area contributed by atoms with Gasteiger partial charge in [0.25, 0.3) is 0 Å². The summed E-state index contributed by atoms with van der Waals surface area (Å²) in [6, 6.07) is 12.2. The van der Waals surface area contributed by atoms with Crippen LogP contribution in [0.1, 0.15) is 16.6 Å². The summed E-state index contributed by atoms with van der Waals surface area (Å²) < 4.78 is 15.9. The normalized spacial score (nSPS) is 13.3. The molecule has 9 nitrogen and oxygen atoms in total. The Labute approximate surface area is 187 Å². The largest absolute Gasteiger partial charge is 0.463 e. The van der Waals surface area contributed by atoms with E-state index in [0.717, 1.165) is 16.9 Å². The molecule has 1 aromatic carbocycles. The first-order valence-corrected chi connectivity index (χ1v) is 10.6. The van der Waals surface area contributed by atoms with Crippen molar-refractivity contribution in [3.8, 4) is 22.0 Å². The van der Waals surface area contributed by atoms with Crippen LogP contribution in [0.5, 0.6) is 0 Å². The van der Waals surface area contributed by atoms with Crippen molar-refractivity contribution in [3.05, 3.63) is 64.9 Å². The molecule has 3 heterocycles. The molecule has 2 N–H and O–H groups in total. The van der Waals surface area contributed by atoms with Crippen molar-refractivity contribution in [1.29, 1.82) is 0 Å². The van der Waals surface area contributed by atoms with Crippen LogP contribution in [-0.4, -0.2) is 42.7 Å². The van der Waals surface area contributed by atoms with Gasteiger partial charge in [-0.1, -0.05) is 30.3 Å². The molecule has 0 aliphatic carbocycles. The molecule has 0 fully saturated rings. The van der Waals surface area contributed by atoms with E-state index < -0.39 is 18.0 Å². The van der Waals surface area contributed by atoms with Gasteiger partial charge in [0, 0.05) is 5.56 Å². The number of rotatable bonds is 7. The van der Waals surface area contributed by atoms with Gasteiger partial charge >= 0.3 is 18.0 Å². The Bertz CT molecular complexity index is 1170. The fourth-order valence-corrected chi connectivity index (χ4v) is 3.98. The van der Waals surface area contributed by atoms with Crippen LogP contribution in [0, 0.1) is 0 Å². The maximum absolute atomic E-state index is 13.0. The number of hydrogen-bond donors (Lipinski definition) is 2. The third-order valence-corrected chi connectivity index (χ3v) is 5.57. The number of nitrogens with zero attached hydrogens (tertiary/aromatic N) is 1. The number of urea groups is 1. The Kier molecular flexibility index (Phi) is 6.31. The van der Waals surface area contributed by atoms with Crippen molar-refractivity contribution in [2.75, 3.05) is 19.8 Å². The molecule has 0 saturated carbocycles. The van der Waals surface area contributed by atoms with Gasteiger partial charge < -0.3 is 24.5 Å². The molecule has 0 spiro atoms. The van der Waals surface area contributed by atoms with E-state index in [1.807, 2.05) is 30.3 Å². The number of ether oxygens (including phenoxy) is 2. The Balaban J connectivity index is 1.61. The van der Waals surface area contributed by atoms with Crippen LogP contribution < -0.4 is 10.6 Å². The number of aromatic nitrogens is 1. The Morgan fingerprint density at radius 3 is 2.66 bits per heavy atom. The van der Waals surface area contributed by atoms with Gasteiger partial charge in [0.1, 0.15) is 11.5 Å². The number of furan rings is 1. The minimum absolute atomic E-state index is 0.0178. The van der Waals surface area contributed by atoms with Gasteiger partial charge in [-0.05, 0) is 19.1 Å². The molecular weight excluding hydrogens is 434 g/mol. The van der Waals surface area contributed by atoms with Gasteiger partial charge in [-0.2, -0.15) is 0 Å². The van der Waals surface area contributed by atoms with Crippen LogP contribution in [0.15, 0.2) is 64.4 Å². The highest BCUT2D eigenvalue weighted by Crippen LogP contribution is 2.34. The van der Waals surface area contributed by atoms with E-state index in [-0.39, 0.29) is 35.9 Å². The number of carbonyl (C=O) groups is 3. The van der Waals surface area contributed by atoms with Crippen LogP contribution in [0.4, 0.5) is 4.79 Å². The highest BCUT2D eigenvalue weighted by atomic mass is 32.1. The van der Waals surface area contributed by atoms with E-state index in [1.54, 1.807) is 19.1 Å². The smallest absolute Gasteiger partial charge is 0.351 e. The quantitative estimate of drug-likeness (QED) is 0.527. The summed E-state index contributed by atoms with van der Waals surface area (Å²) in [6.07, 6.45) is 1.53. The molecule has 4 rings (SSSR count). The maximum Gasteiger partial charge on any atom is 0.351 e. The highest BCUT2D eigenvalue weighted by Gasteiger charge is 2.27. The minimum Gasteiger partial charge on any atom is -0.463 e. The molecule has 3 aromatic rings. The van der Waals surface area contributed by atoms with Gasteiger partial charge in [0.05, 0.1) is 36.4 Å². The highest BCUT2D eigenvalue weighted by molar-refractivity contribution is 7.17. The standard InChI is InChI=1S/C22H19N3O6S/c1-2-29-20(26)14-11-23-22(28)24-15(14)12-31-21(27)18-17(13-7-4-3-5-8-13)25-19(32-18)16-9-6-10-30-16/h3-10H,2,11-12H2,1H3,(H2,23,24,28). The summed E-state index contributed by atoms with van der Waals surface area (Å²) in [5.41, 5.74) is 1.58. The zero-order valence-corrected chi connectivity index (χ0v) is 17.9. The lowest BCUT2D eigenvalue weighted by Crippen LogP contribution is -2.45. The van der Waals surface area contributed by atoms with Crippen LogP contribution in [0.25, 0.3) is 22.0 Å². The number of thiazole rings is 1. The van der Waals surface area contributed by atoms with Crippen molar-refractivity contribution in [3.63, 3.8) is 0 Å². The van der Waals surface area contributed by atoms with Crippen molar-refractivity contribution < 1.29 is 28.3 Å². The van der Waals surface area contributed by atoms with E-state index >= 15 is 0 Å². The van der Waals surface area contributed by atoms with E-state index in [9.17, 15) is 14.4 Å². The number of hydrogen-bond acceptors (Lipinski definition) is 8. The van der Waals surface area contributed by atoms with Crippen molar-refractivity contribution >= 4 is 29.3 Å². The number of carbonyl (C=O) groups excluding carboxylic acids is 3. The maximum atomic E-state index is 13.0. The van der Waals surface area contributed by atoms with Crippen LogP contribution >= 0.6 is 11.3 Å². The summed E-state index contributed by atoms with van der Waals surface area (Å²) in [7, 11) is 0. The van der Waals surface area contributed by atoms with Gasteiger partial charge in [-0.25, -0.2) is 19.4 Å². The molecule has 10 heteroatoms. The molecule has 1 aliphatic heterocycles. The first-order chi connectivity index (χ1) is 15.6. The summed E-state index contributed by atoms with van der Waals surface area (Å²) in [5, 5.41) is 5.54. The van der Waals surface area contributed by atoms with Gasteiger partial charge in [-0.3, -0.25) is 0 Å². The average molecular weight is 453 g/mol. The first kappa shape index (κ1) is 21.3. The van der Waals surface area contributed by atoms with Gasteiger partial charge in [-0.15, -0.1) is 11.3 Å². The molecular formula is C22H19N3O6S. The van der Waals surface area contributed by atoms with Crippen LogP contribution in [-0.2, 0) is 14.3 Å². The van der Waals surface area contributed by atoms with E-state index in [4.69, 9.17) is 13.9 Å². The van der Waals surface area contributed by atoms with Gasteiger partial charge in [0.15, 0.2) is 10.8 Å². The molecule has 0 atom stereocenters. The lowest BCUT2D eigenvalue weighted by molar-refractivity contribution is -0.138. The SMILES string of the molecule is CCOC(=O)C1=C(COC(=O)c2sc(-c3ccco3)nc2-c2ccccc2)NC(=O)NC1. The minimum atomic E-state index is -0.636. The fourth-order valence-electron chi connectivity index (χ4n) is 3.03. The Morgan fingerprint density at radius 2 is 1.94 bits per heavy atom. The lowest BCUT2D eigenvalue weighted by atomic mass is 10.1. The number of benzene rings is 1. The van der Waals surface area contributed by atoms with E-state index in [0.29, 0.717) is 16.5 Å². The monoisotopic (exact) mass is 453 g/mol. The van der Waals surface area contributed by atoms with Crippen molar-refractivity contribution in [1.82, 2.24) is 15.6 Å². The Hall–Kier alpha value is -3.92. The van der Waals surface area contributed by atoms with Crippen LogP contribution in [0.2, 0.25) is 0 Å². The molecule has 164 valence electrons.